The predicted octanol–water partition coefficient (Wildman–Crippen LogP) is 1.03. The van der Waals surface area contributed by atoms with E-state index in [2.05, 4.69) is 9.88 Å². The summed E-state index contributed by atoms with van der Waals surface area (Å²) in [5, 5.41) is 0. The van der Waals surface area contributed by atoms with E-state index in [4.69, 9.17) is 5.73 Å². The predicted molar refractivity (Wildman–Crippen MR) is 72.5 cm³/mol. The van der Waals surface area contributed by atoms with Crippen LogP contribution >= 0.6 is 0 Å². The Kier molecular flexibility index (Phi) is 3.69. The summed E-state index contributed by atoms with van der Waals surface area (Å²) in [7, 11) is 0. The number of nitrogen functional groups attached to an aromatic ring is 1. The van der Waals surface area contributed by atoms with Crippen molar-refractivity contribution in [3.8, 4) is 0 Å². The van der Waals surface area contributed by atoms with Gasteiger partial charge in [0.1, 0.15) is 5.82 Å². The summed E-state index contributed by atoms with van der Waals surface area (Å²) in [6.07, 6.45) is 2.67. The largest absolute Gasteiger partial charge is 0.397 e. The van der Waals surface area contributed by atoms with E-state index in [0.29, 0.717) is 5.69 Å². The lowest BCUT2D eigenvalue weighted by molar-refractivity contribution is -0.128. The van der Waals surface area contributed by atoms with Gasteiger partial charge in [0.2, 0.25) is 5.91 Å². The fourth-order valence-electron chi connectivity index (χ4n) is 2.36. The number of anilines is 2. The van der Waals surface area contributed by atoms with Crippen LogP contribution in [0.1, 0.15) is 18.9 Å². The lowest BCUT2D eigenvalue weighted by Gasteiger charge is -2.23. The van der Waals surface area contributed by atoms with E-state index in [1.807, 2.05) is 17.9 Å². The third-order valence-corrected chi connectivity index (χ3v) is 3.31. The highest BCUT2D eigenvalue weighted by Crippen LogP contribution is 2.20. The van der Waals surface area contributed by atoms with E-state index in [0.717, 1.165) is 44.0 Å². The molecule has 0 spiro atoms. The van der Waals surface area contributed by atoms with Crippen LogP contribution < -0.4 is 10.6 Å². The molecule has 0 bridgehead atoms. The highest BCUT2D eigenvalue weighted by molar-refractivity contribution is 5.73. The fraction of sp³-hybridized carbons (Fsp3) is 0.538. The maximum Gasteiger partial charge on any atom is 0.219 e. The first-order chi connectivity index (χ1) is 8.58. The van der Waals surface area contributed by atoms with Crippen molar-refractivity contribution in [2.45, 2.75) is 20.3 Å². The fourth-order valence-corrected chi connectivity index (χ4v) is 2.36. The van der Waals surface area contributed by atoms with Crippen molar-refractivity contribution in [2.75, 3.05) is 36.8 Å². The van der Waals surface area contributed by atoms with Gasteiger partial charge in [0.15, 0.2) is 0 Å². The lowest BCUT2D eigenvalue weighted by Crippen LogP contribution is -2.34. The molecule has 0 saturated carbocycles. The van der Waals surface area contributed by atoms with E-state index in [1.165, 1.54) is 0 Å². The van der Waals surface area contributed by atoms with E-state index in [-0.39, 0.29) is 5.91 Å². The van der Waals surface area contributed by atoms with Crippen molar-refractivity contribution >= 4 is 17.4 Å². The van der Waals surface area contributed by atoms with Crippen molar-refractivity contribution in [3.63, 3.8) is 0 Å². The Labute approximate surface area is 108 Å². The van der Waals surface area contributed by atoms with Crippen LogP contribution in [0.5, 0.6) is 0 Å². The van der Waals surface area contributed by atoms with Crippen LogP contribution in [0.4, 0.5) is 11.5 Å². The lowest BCUT2D eigenvalue weighted by atomic mass is 10.2. The smallest absolute Gasteiger partial charge is 0.219 e. The summed E-state index contributed by atoms with van der Waals surface area (Å²) in [6.45, 7) is 7.01. The van der Waals surface area contributed by atoms with Crippen molar-refractivity contribution in [1.82, 2.24) is 9.88 Å². The Balaban J connectivity index is 2.12. The number of carbonyl (C=O) groups is 1. The molecule has 2 N–H and O–H groups in total. The number of nitrogens with two attached hydrogens (primary N) is 1. The Hall–Kier alpha value is -1.78. The number of amides is 1. The average Bonchev–Trinajstić information content (AvgIpc) is 2.54. The molecule has 0 radical (unpaired) electrons. The molecule has 18 heavy (non-hydrogen) atoms. The molecule has 1 aromatic heterocycles. The summed E-state index contributed by atoms with van der Waals surface area (Å²) in [5.74, 6) is 1.13. The Morgan fingerprint density at radius 2 is 2.11 bits per heavy atom. The first-order valence-corrected chi connectivity index (χ1v) is 6.30. The molecule has 0 aliphatic carbocycles. The highest BCUT2D eigenvalue weighted by atomic mass is 16.2. The molecule has 1 aliphatic heterocycles. The van der Waals surface area contributed by atoms with Crippen molar-refractivity contribution in [2.24, 2.45) is 0 Å². The molecule has 1 amide bonds. The Morgan fingerprint density at radius 1 is 1.33 bits per heavy atom. The summed E-state index contributed by atoms with van der Waals surface area (Å²) < 4.78 is 0. The average molecular weight is 248 g/mol. The van der Waals surface area contributed by atoms with E-state index >= 15 is 0 Å². The van der Waals surface area contributed by atoms with Crippen molar-refractivity contribution in [3.05, 3.63) is 17.8 Å². The van der Waals surface area contributed by atoms with Gasteiger partial charge in [-0.3, -0.25) is 4.79 Å². The maximum atomic E-state index is 11.4. The first kappa shape index (κ1) is 12.7. The molecule has 1 saturated heterocycles. The molecular weight excluding hydrogens is 228 g/mol. The van der Waals surface area contributed by atoms with Gasteiger partial charge in [-0.25, -0.2) is 4.98 Å². The van der Waals surface area contributed by atoms with Crippen molar-refractivity contribution in [1.29, 1.82) is 0 Å². The van der Waals surface area contributed by atoms with E-state index in [9.17, 15) is 4.79 Å². The van der Waals surface area contributed by atoms with Gasteiger partial charge in [-0.2, -0.15) is 0 Å². The Morgan fingerprint density at radius 3 is 2.78 bits per heavy atom. The zero-order chi connectivity index (χ0) is 13.1. The summed E-state index contributed by atoms with van der Waals surface area (Å²) >= 11 is 0. The normalized spacial score (nSPS) is 16.6. The third-order valence-electron chi connectivity index (χ3n) is 3.31. The van der Waals surface area contributed by atoms with Crippen LogP contribution in [0, 0.1) is 6.92 Å². The number of hydrogen-bond donors (Lipinski definition) is 1. The van der Waals surface area contributed by atoms with E-state index in [1.54, 1.807) is 13.1 Å². The van der Waals surface area contributed by atoms with Crippen LogP contribution in [-0.4, -0.2) is 42.0 Å². The number of aromatic nitrogens is 1. The van der Waals surface area contributed by atoms with Gasteiger partial charge in [0, 0.05) is 33.1 Å². The van der Waals surface area contributed by atoms with Gasteiger partial charge in [-0.05, 0) is 25.0 Å². The highest BCUT2D eigenvalue weighted by Gasteiger charge is 2.18. The van der Waals surface area contributed by atoms with Crippen LogP contribution in [0.3, 0.4) is 0 Å². The van der Waals surface area contributed by atoms with Gasteiger partial charge in [0.25, 0.3) is 0 Å². The number of aryl methyl sites for hydroxylation is 1. The zero-order valence-corrected chi connectivity index (χ0v) is 11.0. The molecule has 1 aromatic rings. The second kappa shape index (κ2) is 5.25. The summed E-state index contributed by atoms with van der Waals surface area (Å²) in [5.41, 5.74) is 7.50. The molecule has 98 valence electrons. The second-order valence-electron chi connectivity index (χ2n) is 4.76. The van der Waals surface area contributed by atoms with Gasteiger partial charge in [-0.1, -0.05) is 0 Å². The van der Waals surface area contributed by atoms with Crippen LogP contribution in [0.2, 0.25) is 0 Å². The topological polar surface area (TPSA) is 62.5 Å². The molecule has 1 fully saturated rings. The zero-order valence-electron chi connectivity index (χ0n) is 11.0. The quantitative estimate of drug-likeness (QED) is 0.806. The molecule has 0 atom stereocenters. The number of nitrogens with zero attached hydrogens (tertiary/aromatic N) is 3. The molecular formula is C13H20N4O. The van der Waals surface area contributed by atoms with Crippen LogP contribution in [0.25, 0.3) is 0 Å². The minimum Gasteiger partial charge on any atom is -0.397 e. The molecule has 5 heteroatoms. The standard InChI is InChI=1S/C13H20N4O/c1-10-8-12(14)9-15-13(10)17-5-3-4-16(6-7-17)11(2)18/h8-9H,3-7,14H2,1-2H3. The van der Waals surface area contributed by atoms with Crippen LogP contribution in [0.15, 0.2) is 12.3 Å². The molecule has 0 aromatic carbocycles. The van der Waals surface area contributed by atoms with Gasteiger partial charge >= 0.3 is 0 Å². The molecule has 0 unspecified atom stereocenters. The second-order valence-corrected chi connectivity index (χ2v) is 4.76. The summed E-state index contributed by atoms with van der Waals surface area (Å²) in [6, 6.07) is 1.94. The van der Waals surface area contributed by atoms with Gasteiger partial charge in [-0.15, -0.1) is 0 Å². The number of carbonyl (C=O) groups excluding carboxylic acids is 1. The minimum atomic E-state index is 0.152. The molecule has 1 aliphatic rings. The SMILES string of the molecule is CC(=O)N1CCCN(c2ncc(N)cc2C)CC1. The van der Waals surface area contributed by atoms with Crippen molar-refractivity contribution < 1.29 is 4.79 Å². The first-order valence-electron chi connectivity index (χ1n) is 6.30. The molecule has 5 nitrogen and oxygen atoms in total. The number of hydrogen-bond acceptors (Lipinski definition) is 4. The summed E-state index contributed by atoms with van der Waals surface area (Å²) in [4.78, 5) is 19.9. The minimum absolute atomic E-state index is 0.152. The number of pyridine rings is 1. The van der Waals surface area contributed by atoms with Gasteiger partial charge < -0.3 is 15.5 Å². The molecule has 2 rings (SSSR count). The Bertz CT molecular complexity index is 447. The van der Waals surface area contributed by atoms with E-state index < -0.39 is 0 Å². The van der Waals surface area contributed by atoms with Gasteiger partial charge in [0.05, 0.1) is 11.9 Å². The number of rotatable bonds is 1. The third kappa shape index (κ3) is 2.72. The monoisotopic (exact) mass is 248 g/mol. The maximum absolute atomic E-state index is 11.4. The van der Waals surface area contributed by atoms with Crippen LogP contribution in [-0.2, 0) is 4.79 Å². The molecule has 2 heterocycles.